The molecule has 1 amide bonds. The van der Waals surface area contributed by atoms with Gasteiger partial charge in [0.1, 0.15) is 5.75 Å². The van der Waals surface area contributed by atoms with Crippen LogP contribution in [0.2, 0.25) is 0 Å². The molecule has 1 atom stereocenters. The average molecular weight is 330 g/mol. The number of likely N-dealkylation sites (tertiary alicyclic amines) is 1. The van der Waals surface area contributed by atoms with Gasteiger partial charge in [0, 0.05) is 30.2 Å². The highest BCUT2D eigenvalue weighted by molar-refractivity contribution is 8.13. The summed E-state index contributed by atoms with van der Waals surface area (Å²) in [5, 5.41) is 0. The van der Waals surface area contributed by atoms with E-state index >= 15 is 0 Å². The molecule has 7 heteroatoms. The lowest BCUT2D eigenvalue weighted by Gasteiger charge is -2.28. The third-order valence-electron chi connectivity index (χ3n) is 3.93. The number of halogens is 1. The number of hydrogen-bond donors (Lipinski definition) is 0. The number of ether oxygens (including phenoxy) is 1. The second-order valence-corrected chi connectivity index (χ2v) is 7.97. The van der Waals surface area contributed by atoms with Gasteiger partial charge in [-0.3, -0.25) is 4.79 Å². The topological polar surface area (TPSA) is 63.7 Å². The van der Waals surface area contributed by atoms with E-state index in [1.165, 1.54) is 12.1 Å². The molecule has 2 heterocycles. The molecule has 0 saturated carbocycles. The number of amides is 1. The van der Waals surface area contributed by atoms with Crippen molar-refractivity contribution >= 4 is 25.6 Å². The van der Waals surface area contributed by atoms with Gasteiger partial charge in [0.2, 0.25) is 0 Å². The number of hydrogen-bond acceptors (Lipinski definition) is 4. The van der Waals surface area contributed by atoms with Crippen molar-refractivity contribution in [3.8, 4) is 5.75 Å². The Kier molecular flexibility index (Phi) is 3.84. The van der Waals surface area contributed by atoms with Crippen LogP contribution in [-0.4, -0.2) is 38.4 Å². The van der Waals surface area contributed by atoms with E-state index in [4.69, 9.17) is 15.4 Å². The molecule has 21 heavy (non-hydrogen) atoms. The number of benzene rings is 1. The van der Waals surface area contributed by atoms with Gasteiger partial charge in [-0.05, 0) is 43.0 Å². The van der Waals surface area contributed by atoms with Gasteiger partial charge in [-0.2, -0.15) is 0 Å². The number of carbonyl (C=O) groups is 1. The molecule has 2 aliphatic heterocycles. The van der Waals surface area contributed by atoms with Crippen molar-refractivity contribution < 1.29 is 17.9 Å². The Hall–Kier alpha value is -1.27. The van der Waals surface area contributed by atoms with E-state index in [9.17, 15) is 13.2 Å². The third-order valence-corrected chi connectivity index (χ3v) is 5.28. The summed E-state index contributed by atoms with van der Waals surface area (Å²) in [7, 11) is 1.58. The zero-order valence-electron chi connectivity index (χ0n) is 11.4. The van der Waals surface area contributed by atoms with Crippen molar-refractivity contribution in [3.05, 3.63) is 23.8 Å². The van der Waals surface area contributed by atoms with Crippen molar-refractivity contribution in [2.75, 3.05) is 13.1 Å². The maximum atomic E-state index is 12.4. The molecule has 0 aromatic heterocycles. The Bertz CT molecular complexity index is 668. The molecule has 3 rings (SSSR count). The standard InChI is InChI=1S/C14H16ClNO4S/c15-21(18,19)11-4-5-12-10(8-11)9-13(20-12)14(17)16-6-2-1-3-7-16/h4-5,8,13H,1-3,6-7,9H2. The molecule has 1 aromatic carbocycles. The fraction of sp³-hybridized carbons (Fsp3) is 0.500. The predicted octanol–water partition coefficient (Wildman–Crippen LogP) is 1.93. The lowest BCUT2D eigenvalue weighted by Crippen LogP contribution is -2.43. The van der Waals surface area contributed by atoms with Crippen LogP contribution < -0.4 is 4.74 Å². The molecule has 114 valence electrons. The maximum absolute atomic E-state index is 12.4. The monoisotopic (exact) mass is 329 g/mol. The molecule has 0 bridgehead atoms. The Morgan fingerprint density at radius 3 is 2.62 bits per heavy atom. The Labute approximate surface area is 128 Å². The Morgan fingerprint density at radius 2 is 1.95 bits per heavy atom. The number of rotatable bonds is 2. The van der Waals surface area contributed by atoms with Gasteiger partial charge in [-0.15, -0.1) is 0 Å². The fourth-order valence-corrected chi connectivity index (χ4v) is 3.63. The van der Waals surface area contributed by atoms with E-state index in [0.29, 0.717) is 17.7 Å². The van der Waals surface area contributed by atoms with Crippen LogP contribution >= 0.6 is 10.7 Å². The second kappa shape index (κ2) is 5.50. The summed E-state index contributed by atoms with van der Waals surface area (Å²) in [5.41, 5.74) is 0.715. The van der Waals surface area contributed by atoms with Crippen LogP contribution in [0.15, 0.2) is 23.1 Å². The van der Waals surface area contributed by atoms with Crippen molar-refractivity contribution in [2.45, 2.75) is 36.7 Å². The lowest BCUT2D eigenvalue weighted by molar-refractivity contribution is -0.138. The zero-order valence-corrected chi connectivity index (χ0v) is 13.0. The Morgan fingerprint density at radius 1 is 1.24 bits per heavy atom. The van der Waals surface area contributed by atoms with Crippen LogP contribution in [0.5, 0.6) is 5.75 Å². The quantitative estimate of drug-likeness (QED) is 0.778. The first-order valence-corrected chi connectivity index (χ1v) is 9.29. The highest BCUT2D eigenvalue weighted by Gasteiger charge is 2.33. The van der Waals surface area contributed by atoms with Crippen LogP contribution in [0, 0.1) is 0 Å². The minimum atomic E-state index is -3.76. The van der Waals surface area contributed by atoms with E-state index in [1.54, 1.807) is 6.07 Å². The van der Waals surface area contributed by atoms with Crippen LogP contribution in [0.1, 0.15) is 24.8 Å². The smallest absolute Gasteiger partial charge is 0.263 e. The molecule has 1 unspecified atom stereocenters. The molecule has 1 fully saturated rings. The van der Waals surface area contributed by atoms with Crippen LogP contribution in [0.25, 0.3) is 0 Å². The van der Waals surface area contributed by atoms with Crippen LogP contribution in [0.4, 0.5) is 0 Å². The first kappa shape index (κ1) is 14.7. The molecule has 1 aromatic rings. The summed E-state index contributed by atoms with van der Waals surface area (Å²) in [6, 6.07) is 4.45. The van der Waals surface area contributed by atoms with Crippen LogP contribution in [-0.2, 0) is 20.3 Å². The second-order valence-electron chi connectivity index (χ2n) is 5.40. The van der Waals surface area contributed by atoms with E-state index in [-0.39, 0.29) is 10.8 Å². The van der Waals surface area contributed by atoms with E-state index in [2.05, 4.69) is 0 Å². The van der Waals surface area contributed by atoms with Crippen molar-refractivity contribution in [1.82, 2.24) is 4.90 Å². The highest BCUT2D eigenvalue weighted by Crippen LogP contribution is 2.32. The van der Waals surface area contributed by atoms with Crippen molar-refractivity contribution in [1.29, 1.82) is 0 Å². The van der Waals surface area contributed by atoms with Gasteiger partial charge >= 0.3 is 0 Å². The number of carbonyl (C=O) groups excluding carboxylic acids is 1. The van der Waals surface area contributed by atoms with Crippen molar-refractivity contribution in [2.24, 2.45) is 0 Å². The van der Waals surface area contributed by atoms with E-state index in [0.717, 1.165) is 32.4 Å². The zero-order chi connectivity index (χ0) is 15.0. The number of piperidine rings is 1. The summed E-state index contributed by atoms with van der Waals surface area (Å²) in [6.07, 6.45) is 3.06. The highest BCUT2D eigenvalue weighted by atomic mass is 35.7. The summed E-state index contributed by atoms with van der Waals surface area (Å²) < 4.78 is 28.4. The molecule has 2 aliphatic rings. The largest absolute Gasteiger partial charge is 0.480 e. The Balaban J connectivity index is 1.76. The molecule has 1 saturated heterocycles. The number of nitrogens with zero attached hydrogens (tertiary/aromatic N) is 1. The molecule has 0 radical (unpaired) electrons. The van der Waals surface area contributed by atoms with Gasteiger partial charge < -0.3 is 9.64 Å². The van der Waals surface area contributed by atoms with Gasteiger partial charge in [-0.25, -0.2) is 8.42 Å². The van der Waals surface area contributed by atoms with E-state index < -0.39 is 15.2 Å². The molecule has 5 nitrogen and oxygen atoms in total. The third kappa shape index (κ3) is 3.01. The van der Waals surface area contributed by atoms with E-state index in [1.807, 2.05) is 4.90 Å². The minimum Gasteiger partial charge on any atom is -0.480 e. The lowest BCUT2D eigenvalue weighted by atomic mass is 10.1. The summed E-state index contributed by atoms with van der Waals surface area (Å²) in [4.78, 5) is 14.3. The summed E-state index contributed by atoms with van der Waals surface area (Å²) in [5.74, 6) is 0.551. The van der Waals surface area contributed by atoms with Crippen molar-refractivity contribution in [3.63, 3.8) is 0 Å². The number of fused-ring (bicyclic) bond motifs is 1. The normalized spacial score (nSPS) is 21.8. The average Bonchev–Trinajstić information content (AvgIpc) is 2.89. The molecular formula is C14H16ClNO4S. The minimum absolute atomic E-state index is 0.0128. The van der Waals surface area contributed by atoms with Gasteiger partial charge in [-0.1, -0.05) is 0 Å². The van der Waals surface area contributed by atoms with Gasteiger partial charge in [0.15, 0.2) is 6.10 Å². The first-order chi connectivity index (χ1) is 9.95. The van der Waals surface area contributed by atoms with Gasteiger partial charge in [0.05, 0.1) is 4.90 Å². The molecular weight excluding hydrogens is 314 g/mol. The fourth-order valence-electron chi connectivity index (χ4n) is 2.83. The maximum Gasteiger partial charge on any atom is 0.263 e. The van der Waals surface area contributed by atoms with Crippen LogP contribution in [0.3, 0.4) is 0 Å². The molecule has 0 spiro atoms. The molecule has 0 N–H and O–H groups in total. The molecule has 0 aliphatic carbocycles. The summed E-state index contributed by atoms with van der Waals surface area (Å²) in [6.45, 7) is 1.55. The first-order valence-electron chi connectivity index (χ1n) is 6.98. The van der Waals surface area contributed by atoms with Gasteiger partial charge in [0.25, 0.3) is 15.0 Å². The predicted molar refractivity (Wildman–Crippen MR) is 78.0 cm³/mol. The summed E-state index contributed by atoms with van der Waals surface area (Å²) >= 11 is 0. The SMILES string of the molecule is O=C(C1Cc2cc(S(=O)(=O)Cl)ccc2O1)N1CCCCC1.